The quantitative estimate of drug-likeness (QED) is 0.540. The van der Waals surface area contributed by atoms with E-state index in [2.05, 4.69) is 5.43 Å². The summed E-state index contributed by atoms with van der Waals surface area (Å²) in [5.74, 6) is 5.31. The van der Waals surface area contributed by atoms with E-state index in [4.69, 9.17) is 5.84 Å². The first-order valence-corrected chi connectivity index (χ1v) is 5.73. The highest BCUT2D eigenvalue weighted by Gasteiger charge is 2.20. The first-order chi connectivity index (χ1) is 5.27. The second-order valence-electron chi connectivity index (χ2n) is 4.11. The van der Waals surface area contributed by atoms with Crippen molar-refractivity contribution in [3.8, 4) is 0 Å². The van der Waals surface area contributed by atoms with Crippen molar-refractivity contribution in [3.05, 3.63) is 0 Å². The van der Waals surface area contributed by atoms with Gasteiger partial charge in [-0.2, -0.15) is 0 Å². The lowest BCUT2D eigenvalue weighted by Crippen LogP contribution is -2.32. The van der Waals surface area contributed by atoms with E-state index in [1.54, 1.807) is 0 Å². The molecule has 0 atom stereocenters. The number of hydrazine groups is 1. The Labute approximate surface area is 86.6 Å². The van der Waals surface area contributed by atoms with E-state index >= 15 is 0 Å². The van der Waals surface area contributed by atoms with Crippen LogP contribution in [0.15, 0.2) is 0 Å². The highest BCUT2D eigenvalue weighted by molar-refractivity contribution is 7.91. The molecule has 0 bridgehead atoms. The van der Waals surface area contributed by atoms with Gasteiger partial charge in [0.15, 0.2) is 9.84 Å². The van der Waals surface area contributed by atoms with Crippen LogP contribution in [0.1, 0.15) is 20.8 Å². The summed E-state index contributed by atoms with van der Waals surface area (Å²) in [4.78, 5) is 0. The molecule has 0 aromatic carbocycles. The maximum absolute atomic E-state index is 11.3. The molecule has 0 unspecified atom stereocenters. The number of hydrogen-bond donors (Lipinski definition) is 2. The zero-order valence-corrected chi connectivity index (χ0v) is 9.96. The molecule has 0 aliphatic carbocycles. The van der Waals surface area contributed by atoms with Gasteiger partial charge in [-0.15, -0.1) is 12.4 Å². The molecule has 6 heteroatoms. The monoisotopic (exact) mass is 230 g/mol. The highest BCUT2D eigenvalue weighted by atomic mass is 35.5. The predicted octanol–water partition coefficient (Wildman–Crippen LogP) is 0.332. The van der Waals surface area contributed by atoms with Gasteiger partial charge in [0.1, 0.15) is 0 Å². The van der Waals surface area contributed by atoms with Crippen molar-refractivity contribution < 1.29 is 8.42 Å². The molecule has 82 valence electrons. The predicted molar refractivity (Wildman–Crippen MR) is 57.5 cm³/mol. The molecule has 3 N–H and O–H groups in total. The standard InChI is InChI=1S/C7H18N2O2S.ClH/c1-7(2,3)6-12(10,11)5-4-9-8;/h9H,4-6,8H2,1-3H3;1H. The van der Waals surface area contributed by atoms with Crippen LogP contribution in [0.2, 0.25) is 0 Å². The number of sulfone groups is 1. The van der Waals surface area contributed by atoms with E-state index in [0.717, 1.165) is 0 Å². The van der Waals surface area contributed by atoms with Crippen LogP contribution in [0.3, 0.4) is 0 Å². The molecule has 0 spiro atoms. The third-order valence-electron chi connectivity index (χ3n) is 1.21. The van der Waals surface area contributed by atoms with Crippen LogP contribution >= 0.6 is 12.4 Å². The molecule has 0 aromatic heterocycles. The average Bonchev–Trinajstić information content (AvgIpc) is 1.78. The van der Waals surface area contributed by atoms with Crippen molar-refractivity contribution in [3.63, 3.8) is 0 Å². The molecule has 0 amide bonds. The summed E-state index contributed by atoms with van der Waals surface area (Å²) >= 11 is 0. The lowest BCUT2D eigenvalue weighted by Gasteiger charge is -2.17. The minimum Gasteiger partial charge on any atom is -0.271 e. The van der Waals surface area contributed by atoms with Crippen LogP contribution in [0, 0.1) is 5.41 Å². The van der Waals surface area contributed by atoms with E-state index < -0.39 is 9.84 Å². The topological polar surface area (TPSA) is 72.2 Å². The minimum absolute atomic E-state index is 0. The van der Waals surface area contributed by atoms with E-state index in [1.807, 2.05) is 20.8 Å². The third kappa shape index (κ3) is 10.1. The molecule has 0 aromatic rings. The van der Waals surface area contributed by atoms with Gasteiger partial charge < -0.3 is 0 Å². The first kappa shape index (κ1) is 15.6. The number of hydrogen-bond acceptors (Lipinski definition) is 4. The van der Waals surface area contributed by atoms with E-state index in [0.29, 0.717) is 6.54 Å². The third-order valence-corrected chi connectivity index (χ3v) is 3.34. The van der Waals surface area contributed by atoms with E-state index in [1.165, 1.54) is 0 Å². The molecule has 0 fully saturated rings. The highest BCUT2D eigenvalue weighted by Crippen LogP contribution is 2.16. The lowest BCUT2D eigenvalue weighted by atomic mass is 10.0. The Hall–Kier alpha value is 0.160. The van der Waals surface area contributed by atoms with Crippen LogP contribution in [0.4, 0.5) is 0 Å². The smallest absolute Gasteiger partial charge is 0.152 e. The number of nitrogens with two attached hydrogens (primary N) is 1. The summed E-state index contributed by atoms with van der Waals surface area (Å²) < 4.78 is 22.6. The van der Waals surface area contributed by atoms with Crippen LogP contribution in [0.25, 0.3) is 0 Å². The van der Waals surface area contributed by atoms with E-state index in [9.17, 15) is 8.42 Å². The Morgan fingerprint density at radius 3 is 2.08 bits per heavy atom. The molecule has 0 radical (unpaired) electrons. The van der Waals surface area contributed by atoms with Crippen LogP contribution in [0.5, 0.6) is 0 Å². The number of nitrogens with one attached hydrogen (secondary N) is 1. The molecular formula is C7H19ClN2O2S. The Balaban J connectivity index is 0. The van der Waals surface area contributed by atoms with Crippen LogP contribution < -0.4 is 11.3 Å². The van der Waals surface area contributed by atoms with Gasteiger partial charge in [0.2, 0.25) is 0 Å². The zero-order valence-electron chi connectivity index (χ0n) is 8.33. The second-order valence-corrected chi connectivity index (χ2v) is 6.29. The zero-order chi connectivity index (χ0) is 9.83. The van der Waals surface area contributed by atoms with Crippen molar-refractivity contribution in [1.82, 2.24) is 5.43 Å². The van der Waals surface area contributed by atoms with Gasteiger partial charge in [-0.3, -0.25) is 11.3 Å². The van der Waals surface area contributed by atoms with Gasteiger partial charge in [-0.1, -0.05) is 20.8 Å². The largest absolute Gasteiger partial charge is 0.271 e. The fourth-order valence-electron chi connectivity index (χ4n) is 0.946. The van der Waals surface area contributed by atoms with Crippen molar-refractivity contribution in [1.29, 1.82) is 0 Å². The molecule has 0 saturated heterocycles. The summed E-state index contributed by atoms with van der Waals surface area (Å²) in [6.45, 7) is 6.03. The summed E-state index contributed by atoms with van der Waals surface area (Å²) in [5, 5.41) is 0. The summed E-state index contributed by atoms with van der Waals surface area (Å²) in [6, 6.07) is 0. The lowest BCUT2D eigenvalue weighted by molar-refractivity contribution is 0.461. The van der Waals surface area contributed by atoms with Crippen LogP contribution in [-0.2, 0) is 9.84 Å². The number of halogens is 1. The molecule has 13 heavy (non-hydrogen) atoms. The van der Waals surface area contributed by atoms with Gasteiger partial charge in [0.05, 0.1) is 11.5 Å². The van der Waals surface area contributed by atoms with Crippen LogP contribution in [-0.4, -0.2) is 26.5 Å². The Morgan fingerprint density at radius 1 is 1.31 bits per heavy atom. The van der Waals surface area contributed by atoms with Gasteiger partial charge in [0.25, 0.3) is 0 Å². The maximum Gasteiger partial charge on any atom is 0.152 e. The molecule has 0 saturated carbocycles. The van der Waals surface area contributed by atoms with Crippen molar-refractivity contribution in [2.24, 2.45) is 11.3 Å². The molecule has 4 nitrogen and oxygen atoms in total. The normalized spacial score (nSPS) is 12.3. The second kappa shape index (κ2) is 5.80. The van der Waals surface area contributed by atoms with Crippen molar-refractivity contribution >= 4 is 22.2 Å². The first-order valence-electron chi connectivity index (χ1n) is 3.91. The number of rotatable bonds is 4. The summed E-state index contributed by atoms with van der Waals surface area (Å²) in [6.07, 6.45) is 0. The van der Waals surface area contributed by atoms with E-state index in [-0.39, 0.29) is 29.3 Å². The minimum atomic E-state index is -2.94. The van der Waals surface area contributed by atoms with Crippen molar-refractivity contribution in [2.45, 2.75) is 20.8 Å². The Bertz CT molecular complexity index is 221. The fraction of sp³-hybridized carbons (Fsp3) is 1.00. The molecule has 0 aliphatic heterocycles. The molecular weight excluding hydrogens is 212 g/mol. The van der Waals surface area contributed by atoms with Crippen molar-refractivity contribution in [2.75, 3.05) is 18.1 Å². The SMILES string of the molecule is CC(C)(C)CS(=O)(=O)CCNN.Cl. The summed E-state index contributed by atoms with van der Waals surface area (Å²) in [5.41, 5.74) is 2.16. The molecule has 0 heterocycles. The maximum atomic E-state index is 11.3. The van der Waals surface area contributed by atoms with Gasteiger partial charge in [-0.05, 0) is 5.41 Å². The summed E-state index contributed by atoms with van der Waals surface area (Å²) in [7, 11) is -2.94. The average molecular weight is 231 g/mol. The van der Waals surface area contributed by atoms with Gasteiger partial charge in [0, 0.05) is 6.54 Å². The Kier molecular flexibility index (Phi) is 6.97. The fourth-order valence-corrected chi connectivity index (χ4v) is 2.84. The van der Waals surface area contributed by atoms with Gasteiger partial charge >= 0.3 is 0 Å². The Morgan fingerprint density at radius 2 is 1.77 bits per heavy atom. The molecule has 0 aliphatic rings. The van der Waals surface area contributed by atoms with Gasteiger partial charge in [-0.25, -0.2) is 8.42 Å². The molecule has 0 rings (SSSR count).